The number of likely N-dealkylation sites (N-methyl/N-ethyl adjacent to an activating group) is 1. The third-order valence-corrected chi connectivity index (χ3v) is 4.85. The van der Waals surface area contributed by atoms with E-state index in [1.807, 2.05) is 0 Å². The Bertz CT molecular complexity index is 452. The lowest BCUT2D eigenvalue weighted by Crippen LogP contribution is -2.27. The molecule has 0 bridgehead atoms. The maximum absolute atomic E-state index is 9.52. The number of fused-ring (bicyclic) bond motifs is 1. The first-order valence-electron chi connectivity index (χ1n) is 7.94. The summed E-state index contributed by atoms with van der Waals surface area (Å²) in [7, 11) is 2.17. The summed E-state index contributed by atoms with van der Waals surface area (Å²) in [4.78, 5) is 2.33. The molecule has 1 aliphatic heterocycles. The predicted octanol–water partition coefficient (Wildman–Crippen LogP) is 2.32. The maximum atomic E-state index is 9.52. The molecule has 2 N–H and O–H groups in total. The third-order valence-electron chi connectivity index (χ3n) is 4.85. The van der Waals surface area contributed by atoms with Gasteiger partial charge in [0.25, 0.3) is 0 Å². The quantitative estimate of drug-likeness (QED) is 0.884. The van der Waals surface area contributed by atoms with Gasteiger partial charge in [-0.25, -0.2) is 0 Å². The maximum Gasteiger partial charge on any atom is 0.0540 e. The topological polar surface area (TPSA) is 35.5 Å². The summed E-state index contributed by atoms with van der Waals surface area (Å²) in [5.41, 5.74) is 4.29. The van der Waals surface area contributed by atoms with E-state index in [0.29, 0.717) is 0 Å². The Balaban J connectivity index is 1.47. The van der Waals surface area contributed by atoms with Gasteiger partial charge in [-0.15, -0.1) is 0 Å². The van der Waals surface area contributed by atoms with E-state index in [4.69, 9.17) is 0 Å². The number of aliphatic hydroxyl groups excluding tert-OH is 1. The Hall–Kier alpha value is -1.06. The van der Waals surface area contributed by atoms with Gasteiger partial charge in [0.15, 0.2) is 0 Å². The molecule has 3 rings (SSSR count). The van der Waals surface area contributed by atoms with E-state index < -0.39 is 0 Å². The van der Waals surface area contributed by atoms with Gasteiger partial charge in [-0.05, 0) is 61.8 Å². The number of nitrogens with zero attached hydrogens (tertiary/aromatic N) is 1. The van der Waals surface area contributed by atoms with Crippen LogP contribution in [0.3, 0.4) is 0 Å². The Morgan fingerprint density at radius 2 is 2.05 bits per heavy atom. The van der Waals surface area contributed by atoms with Gasteiger partial charge in [0.1, 0.15) is 0 Å². The van der Waals surface area contributed by atoms with Gasteiger partial charge < -0.3 is 15.3 Å². The Morgan fingerprint density at radius 1 is 1.25 bits per heavy atom. The van der Waals surface area contributed by atoms with E-state index in [9.17, 15) is 5.11 Å². The standard InChI is InChI=1S/C17H26N2O/c1-19-9-8-15-10-14(4-7-17(15)19)12-18-11-13-2-5-16(20)6-3-13/h4,7,10,13,16,18,20H,2-3,5-6,8-9,11-12H2,1H3. The molecule has 0 unspecified atom stereocenters. The van der Waals surface area contributed by atoms with Crippen LogP contribution in [0.15, 0.2) is 18.2 Å². The first-order valence-corrected chi connectivity index (χ1v) is 7.94. The molecular formula is C17H26N2O. The van der Waals surface area contributed by atoms with Gasteiger partial charge >= 0.3 is 0 Å². The number of aliphatic hydroxyl groups is 1. The van der Waals surface area contributed by atoms with Crippen molar-refractivity contribution in [3.63, 3.8) is 0 Å². The number of benzene rings is 1. The number of hydrogen-bond acceptors (Lipinski definition) is 3. The van der Waals surface area contributed by atoms with Crippen molar-refractivity contribution in [2.24, 2.45) is 5.92 Å². The minimum absolute atomic E-state index is 0.0417. The van der Waals surface area contributed by atoms with Crippen molar-refractivity contribution in [3.05, 3.63) is 29.3 Å². The molecule has 3 heteroatoms. The van der Waals surface area contributed by atoms with Gasteiger partial charge in [-0.2, -0.15) is 0 Å². The first kappa shape index (κ1) is 13.9. The molecule has 0 saturated heterocycles. The van der Waals surface area contributed by atoms with Crippen molar-refractivity contribution in [2.75, 3.05) is 25.0 Å². The van der Waals surface area contributed by atoms with Gasteiger partial charge in [-0.3, -0.25) is 0 Å². The van der Waals surface area contributed by atoms with Crippen LogP contribution in [0.25, 0.3) is 0 Å². The van der Waals surface area contributed by atoms with Crippen LogP contribution >= 0.6 is 0 Å². The molecule has 1 heterocycles. The van der Waals surface area contributed by atoms with E-state index in [1.54, 1.807) is 0 Å². The van der Waals surface area contributed by atoms with Gasteiger partial charge in [0.2, 0.25) is 0 Å². The molecule has 1 aliphatic carbocycles. The average molecular weight is 274 g/mol. The fourth-order valence-corrected chi connectivity index (χ4v) is 3.50. The summed E-state index contributed by atoms with van der Waals surface area (Å²) >= 11 is 0. The normalized spacial score (nSPS) is 25.8. The van der Waals surface area contributed by atoms with Crippen LogP contribution in [0, 0.1) is 5.92 Å². The van der Waals surface area contributed by atoms with Crippen LogP contribution in [0.4, 0.5) is 5.69 Å². The highest BCUT2D eigenvalue weighted by Crippen LogP contribution is 2.27. The summed E-state index contributed by atoms with van der Waals surface area (Å²) in [6.07, 6.45) is 5.45. The first-order chi connectivity index (χ1) is 9.72. The summed E-state index contributed by atoms with van der Waals surface area (Å²) < 4.78 is 0. The summed E-state index contributed by atoms with van der Waals surface area (Å²) in [6, 6.07) is 6.87. The molecule has 1 fully saturated rings. The molecule has 0 amide bonds. The number of anilines is 1. The second-order valence-corrected chi connectivity index (χ2v) is 6.44. The van der Waals surface area contributed by atoms with Crippen LogP contribution in [0.2, 0.25) is 0 Å². The lowest BCUT2D eigenvalue weighted by molar-refractivity contribution is 0.108. The highest BCUT2D eigenvalue weighted by Gasteiger charge is 2.19. The third kappa shape index (κ3) is 3.15. The van der Waals surface area contributed by atoms with Gasteiger partial charge in [0, 0.05) is 25.8 Å². The SMILES string of the molecule is CN1CCc2cc(CNCC3CCC(O)CC3)ccc21. The highest BCUT2D eigenvalue weighted by molar-refractivity contribution is 5.58. The molecule has 0 radical (unpaired) electrons. The molecule has 3 nitrogen and oxygen atoms in total. The second-order valence-electron chi connectivity index (χ2n) is 6.44. The van der Waals surface area contributed by atoms with Gasteiger partial charge in [0.05, 0.1) is 6.10 Å². The zero-order valence-corrected chi connectivity index (χ0v) is 12.4. The molecule has 1 aromatic rings. The average Bonchev–Trinajstić information content (AvgIpc) is 2.82. The van der Waals surface area contributed by atoms with Crippen LogP contribution in [0.5, 0.6) is 0 Å². The minimum atomic E-state index is -0.0417. The minimum Gasteiger partial charge on any atom is -0.393 e. The fraction of sp³-hybridized carbons (Fsp3) is 0.647. The molecule has 1 saturated carbocycles. The van der Waals surface area contributed by atoms with Crippen LogP contribution in [-0.4, -0.2) is 31.3 Å². The van der Waals surface area contributed by atoms with Crippen molar-refractivity contribution in [1.29, 1.82) is 0 Å². The molecule has 2 aliphatic rings. The highest BCUT2D eigenvalue weighted by atomic mass is 16.3. The Labute approximate surface area is 122 Å². The molecule has 110 valence electrons. The lowest BCUT2D eigenvalue weighted by atomic mass is 9.87. The van der Waals surface area contributed by atoms with E-state index in [0.717, 1.165) is 38.4 Å². The zero-order valence-electron chi connectivity index (χ0n) is 12.4. The van der Waals surface area contributed by atoms with Crippen LogP contribution in [0.1, 0.15) is 36.8 Å². The molecule has 20 heavy (non-hydrogen) atoms. The number of rotatable bonds is 4. The summed E-state index contributed by atoms with van der Waals surface area (Å²) in [5.74, 6) is 0.749. The van der Waals surface area contributed by atoms with E-state index in [1.165, 1.54) is 36.1 Å². The van der Waals surface area contributed by atoms with E-state index in [2.05, 4.69) is 35.5 Å². The molecular weight excluding hydrogens is 248 g/mol. The lowest BCUT2D eigenvalue weighted by Gasteiger charge is -2.25. The molecule has 0 atom stereocenters. The van der Waals surface area contributed by atoms with Crippen LogP contribution < -0.4 is 10.2 Å². The van der Waals surface area contributed by atoms with Gasteiger partial charge in [-0.1, -0.05) is 12.1 Å². The van der Waals surface area contributed by atoms with Crippen molar-refractivity contribution in [2.45, 2.75) is 44.8 Å². The Morgan fingerprint density at radius 3 is 2.85 bits per heavy atom. The van der Waals surface area contributed by atoms with Crippen LogP contribution in [-0.2, 0) is 13.0 Å². The monoisotopic (exact) mass is 274 g/mol. The van der Waals surface area contributed by atoms with E-state index >= 15 is 0 Å². The molecule has 1 aromatic carbocycles. The second kappa shape index (κ2) is 6.15. The number of nitrogens with one attached hydrogen (secondary N) is 1. The van der Waals surface area contributed by atoms with Crippen molar-refractivity contribution < 1.29 is 5.11 Å². The van der Waals surface area contributed by atoms with Crippen molar-refractivity contribution >= 4 is 5.69 Å². The molecule has 0 aromatic heterocycles. The predicted molar refractivity (Wildman–Crippen MR) is 83.1 cm³/mol. The Kier molecular flexibility index (Phi) is 4.27. The summed E-state index contributed by atoms with van der Waals surface area (Å²) in [6.45, 7) is 3.20. The van der Waals surface area contributed by atoms with Crippen molar-refractivity contribution in [1.82, 2.24) is 5.32 Å². The largest absolute Gasteiger partial charge is 0.393 e. The van der Waals surface area contributed by atoms with Crippen molar-refractivity contribution in [3.8, 4) is 0 Å². The molecule has 0 spiro atoms. The summed E-state index contributed by atoms with van der Waals surface area (Å²) in [5, 5.41) is 13.1. The smallest absolute Gasteiger partial charge is 0.0540 e. The zero-order chi connectivity index (χ0) is 13.9. The number of hydrogen-bond donors (Lipinski definition) is 2. The van der Waals surface area contributed by atoms with E-state index in [-0.39, 0.29) is 6.10 Å². The fourth-order valence-electron chi connectivity index (χ4n) is 3.50.